The van der Waals surface area contributed by atoms with Gasteiger partial charge in [-0.15, -0.1) is 0 Å². The summed E-state index contributed by atoms with van der Waals surface area (Å²) < 4.78 is 1.95. The molecule has 174 valence electrons. The lowest BCUT2D eigenvalue weighted by molar-refractivity contribution is -0.143. The maximum absolute atomic E-state index is 13.9. The Kier molecular flexibility index (Phi) is 6.06. The van der Waals surface area contributed by atoms with Gasteiger partial charge in [0.25, 0.3) is 5.91 Å². The van der Waals surface area contributed by atoms with E-state index in [1.165, 1.54) is 0 Å². The first-order valence-electron chi connectivity index (χ1n) is 11.7. The van der Waals surface area contributed by atoms with E-state index in [0.29, 0.717) is 6.42 Å². The highest BCUT2D eigenvalue weighted by molar-refractivity contribution is 5.94. The van der Waals surface area contributed by atoms with Crippen LogP contribution in [0.4, 0.5) is 0 Å². The maximum Gasteiger partial charge on any atom is 0.326 e. The lowest BCUT2D eigenvalue weighted by Gasteiger charge is -2.34. The van der Waals surface area contributed by atoms with Crippen LogP contribution in [-0.4, -0.2) is 27.6 Å². The van der Waals surface area contributed by atoms with Crippen LogP contribution in [0.15, 0.2) is 115 Å². The summed E-state index contributed by atoms with van der Waals surface area (Å²) in [5, 5.41) is 13.8. The van der Waals surface area contributed by atoms with Gasteiger partial charge in [0.2, 0.25) is 0 Å². The summed E-state index contributed by atoms with van der Waals surface area (Å²) in [7, 11) is 0. The second-order valence-corrected chi connectivity index (χ2v) is 8.79. The van der Waals surface area contributed by atoms with Gasteiger partial charge in [-0.1, -0.05) is 91.0 Å². The van der Waals surface area contributed by atoms with E-state index >= 15 is 0 Å². The first kappa shape index (κ1) is 22.4. The Labute approximate surface area is 204 Å². The molecule has 5 nitrogen and oxygen atoms in total. The Hall–Kier alpha value is -4.38. The van der Waals surface area contributed by atoms with Gasteiger partial charge in [0.1, 0.15) is 11.6 Å². The standard InChI is InChI=1S/C30H26N2O3/c33-28(34)26(21-22-9-3-1-4-10-22)31-29(35)30(32-20-17-25-13-7-8-14-27(25)32)18-15-24(16-19-30)23-11-5-2-6-12-23/h1-18,20,26H,19,21H2,(H,31,35)(H,33,34)/t26-,30?/m0/s1. The second-order valence-electron chi connectivity index (χ2n) is 8.79. The molecule has 0 spiro atoms. The zero-order valence-electron chi connectivity index (χ0n) is 19.2. The molecule has 0 saturated heterocycles. The van der Waals surface area contributed by atoms with Crippen LogP contribution in [0.1, 0.15) is 17.5 Å². The monoisotopic (exact) mass is 462 g/mol. The molecule has 35 heavy (non-hydrogen) atoms. The minimum atomic E-state index is -1.09. The van der Waals surface area contributed by atoms with Crippen molar-refractivity contribution < 1.29 is 14.7 Å². The fraction of sp³-hybridized carbons (Fsp3) is 0.133. The summed E-state index contributed by atoms with van der Waals surface area (Å²) in [6.45, 7) is 0. The van der Waals surface area contributed by atoms with Gasteiger partial charge >= 0.3 is 5.97 Å². The molecule has 2 atom stereocenters. The highest BCUT2D eigenvalue weighted by Gasteiger charge is 2.41. The molecule has 1 aliphatic carbocycles. The number of hydrogen-bond acceptors (Lipinski definition) is 2. The van der Waals surface area contributed by atoms with Crippen molar-refractivity contribution in [2.24, 2.45) is 0 Å². The summed E-state index contributed by atoms with van der Waals surface area (Å²) >= 11 is 0. The van der Waals surface area contributed by atoms with Crippen molar-refractivity contribution >= 4 is 28.4 Å². The zero-order valence-corrected chi connectivity index (χ0v) is 19.2. The molecule has 4 aromatic rings. The number of carbonyl (C=O) groups excluding carboxylic acids is 1. The molecule has 1 amide bonds. The predicted molar refractivity (Wildman–Crippen MR) is 138 cm³/mol. The van der Waals surface area contributed by atoms with Crippen molar-refractivity contribution in [2.45, 2.75) is 24.4 Å². The number of carboxylic acid groups (broad SMARTS) is 1. The van der Waals surface area contributed by atoms with E-state index in [1.807, 2.05) is 114 Å². The molecule has 0 saturated carbocycles. The third-order valence-electron chi connectivity index (χ3n) is 6.59. The molecule has 1 aromatic heterocycles. The number of amides is 1. The minimum absolute atomic E-state index is 0.208. The second kappa shape index (κ2) is 9.47. The Morgan fingerprint density at radius 1 is 0.914 bits per heavy atom. The van der Waals surface area contributed by atoms with E-state index in [1.54, 1.807) is 0 Å². The van der Waals surface area contributed by atoms with Gasteiger partial charge in [-0.25, -0.2) is 4.79 Å². The van der Waals surface area contributed by atoms with E-state index in [2.05, 4.69) is 11.4 Å². The molecule has 3 aromatic carbocycles. The average molecular weight is 463 g/mol. The fourth-order valence-corrected chi connectivity index (χ4v) is 4.69. The van der Waals surface area contributed by atoms with Gasteiger partial charge in [0.15, 0.2) is 0 Å². The van der Waals surface area contributed by atoms with Crippen LogP contribution in [0.5, 0.6) is 0 Å². The van der Waals surface area contributed by atoms with Crippen LogP contribution in [0.2, 0.25) is 0 Å². The van der Waals surface area contributed by atoms with Gasteiger partial charge in [-0.3, -0.25) is 4.79 Å². The number of nitrogens with one attached hydrogen (secondary N) is 1. The van der Waals surface area contributed by atoms with Crippen LogP contribution < -0.4 is 5.32 Å². The molecule has 5 rings (SSSR count). The molecule has 0 radical (unpaired) electrons. The van der Waals surface area contributed by atoms with E-state index in [0.717, 1.165) is 27.6 Å². The zero-order chi connectivity index (χ0) is 24.3. The fourth-order valence-electron chi connectivity index (χ4n) is 4.69. The molecule has 5 heteroatoms. The lowest BCUT2D eigenvalue weighted by Crippen LogP contribution is -2.53. The number of allylic oxidation sites excluding steroid dienone is 3. The van der Waals surface area contributed by atoms with E-state index in [9.17, 15) is 14.7 Å². The molecule has 1 unspecified atom stereocenters. The summed E-state index contributed by atoms with van der Waals surface area (Å²) in [5.74, 6) is -1.41. The molecule has 1 heterocycles. The number of hydrogen-bond donors (Lipinski definition) is 2. The SMILES string of the molecule is O=C(O)[C@H](Cc1ccccc1)NC(=O)C1(n2ccc3ccccc32)C=CC(c2ccccc2)=CC1. The molecular formula is C30H26N2O3. The van der Waals surface area contributed by atoms with Gasteiger partial charge in [0.05, 0.1) is 0 Å². The first-order chi connectivity index (χ1) is 17.1. The topological polar surface area (TPSA) is 71.3 Å². The van der Waals surface area contributed by atoms with E-state index < -0.39 is 17.6 Å². The number of nitrogens with zero attached hydrogens (tertiary/aromatic N) is 1. The van der Waals surface area contributed by atoms with Crippen LogP contribution >= 0.6 is 0 Å². The number of aliphatic carboxylic acids is 1. The third kappa shape index (κ3) is 4.41. The van der Waals surface area contributed by atoms with Crippen LogP contribution in [0.25, 0.3) is 16.5 Å². The molecule has 1 aliphatic rings. The van der Waals surface area contributed by atoms with Crippen molar-refractivity contribution in [3.8, 4) is 0 Å². The highest BCUT2D eigenvalue weighted by atomic mass is 16.4. The number of benzene rings is 3. The number of fused-ring (bicyclic) bond motifs is 1. The van der Waals surface area contributed by atoms with Crippen LogP contribution in [0, 0.1) is 0 Å². The molecule has 0 fully saturated rings. The van der Waals surface area contributed by atoms with Crippen molar-refractivity contribution in [3.63, 3.8) is 0 Å². The number of carboxylic acids is 1. The lowest BCUT2D eigenvalue weighted by atomic mass is 9.85. The third-order valence-corrected chi connectivity index (χ3v) is 6.59. The van der Waals surface area contributed by atoms with Crippen molar-refractivity contribution in [1.29, 1.82) is 0 Å². The highest BCUT2D eigenvalue weighted by Crippen LogP contribution is 2.35. The van der Waals surface area contributed by atoms with Gasteiger partial charge in [0, 0.05) is 24.6 Å². The number of aromatic nitrogens is 1. The van der Waals surface area contributed by atoms with Gasteiger partial charge in [-0.05, 0) is 40.3 Å². The Bertz CT molecular complexity index is 1420. The summed E-state index contributed by atoms with van der Waals surface area (Å²) in [5.41, 5.74) is 2.78. The van der Waals surface area contributed by atoms with Crippen molar-refractivity contribution in [1.82, 2.24) is 9.88 Å². The van der Waals surface area contributed by atoms with E-state index in [-0.39, 0.29) is 12.3 Å². The molecular weight excluding hydrogens is 436 g/mol. The average Bonchev–Trinajstić information content (AvgIpc) is 3.34. The predicted octanol–water partition coefficient (Wildman–Crippen LogP) is 5.19. The summed E-state index contributed by atoms with van der Waals surface area (Å²) in [6.07, 6.45) is 8.42. The summed E-state index contributed by atoms with van der Waals surface area (Å²) in [6, 6.07) is 28.2. The Morgan fingerprint density at radius 2 is 1.60 bits per heavy atom. The smallest absolute Gasteiger partial charge is 0.326 e. The normalized spacial score (nSPS) is 18.1. The summed E-state index contributed by atoms with van der Waals surface area (Å²) in [4.78, 5) is 26.0. The Morgan fingerprint density at radius 3 is 2.29 bits per heavy atom. The number of rotatable bonds is 7. The first-order valence-corrected chi connectivity index (χ1v) is 11.7. The maximum atomic E-state index is 13.9. The van der Waals surface area contributed by atoms with Crippen molar-refractivity contribution in [2.75, 3.05) is 0 Å². The molecule has 2 N–H and O–H groups in total. The number of carbonyl (C=O) groups is 2. The molecule has 0 bridgehead atoms. The van der Waals surface area contributed by atoms with Crippen LogP contribution in [-0.2, 0) is 21.5 Å². The molecule has 0 aliphatic heterocycles. The largest absolute Gasteiger partial charge is 0.480 e. The van der Waals surface area contributed by atoms with Gasteiger partial charge < -0.3 is 15.0 Å². The van der Waals surface area contributed by atoms with E-state index in [4.69, 9.17) is 0 Å². The minimum Gasteiger partial charge on any atom is -0.480 e. The quantitative estimate of drug-likeness (QED) is 0.397. The van der Waals surface area contributed by atoms with Crippen molar-refractivity contribution in [3.05, 3.63) is 127 Å². The van der Waals surface area contributed by atoms with Gasteiger partial charge in [-0.2, -0.15) is 0 Å². The Balaban J connectivity index is 1.52. The van der Waals surface area contributed by atoms with Crippen LogP contribution in [0.3, 0.4) is 0 Å². The number of para-hydroxylation sites is 1.